The lowest BCUT2D eigenvalue weighted by Crippen LogP contribution is -2.18. The average molecular weight is 343 g/mol. The van der Waals surface area contributed by atoms with E-state index in [-0.39, 0.29) is 0 Å². The SMILES string of the molecule is Nc1cc(-c2nc3cc(Cl)ccc3o2)ccc1CC1CCOCC1. The Morgan fingerprint density at radius 1 is 1.12 bits per heavy atom. The Balaban J connectivity index is 1.60. The van der Waals surface area contributed by atoms with Gasteiger partial charge in [0.1, 0.15) is 5.52 Å². The lowest BCUT2D eigenvalue weighted by Gasteiger charge is -2.22. The fourth-order valence-electron chi connectivity index (χ4n) is 3.20. The van der Waals surface area contributed by atoms with E-state index in [9.17, 15) is 0 Å². The Bertz CT molecular complexity index is 869. The molecular formula is C19H19ClN2O2. The third-order valence-electron chi connectivity index (χ3n) is 4.59. The standard InChI is InChI=1S/C19H19ClN2O2/c20-15-3-4-18-17(11-15)22-19(24-18)14-2-1-13(16(21)10-14)9-12-5-7-23-8-6-12/h1-4,10-12H,5-9,21H2. The molecule has 0 bridgehead atoms. The Kier molecular flexibility index (Phi) is 4.17. The molecule has 2 aromatic carbocycles. The molecule has 0 radical (unpaired) electrons. The molecule has 24 heavy (non-hydrogen) atoms. The number of nitrogen functional groups attached to an aromatic ring is 1. The van der Waals surface area contributed by atoms with Crippen molar-refractivity contribution >= 4 is 28.4 Å². The van der Waals surface area contributed by atoms with Crippen LogP contribution >= 0.6 is 11.6 Å². The minimum atomic E-state index is 0.566. The summed E-state index contributed by atoms with van der Waals surface area (Å²) in [5.74, 6) is 1.22. The zero-order chi connectivity index (χ0) is 16.5. The zero-order valence-corrected chi connectivity index (χ0v) is 14.1. The van der Waals surface area contributed by atoms with Crippen LogP contribution in [0.2, 0.25) is 5.02 Å². The average Bonchev–Trinajstić information content (AvgIpc) is 3.01. The van der Waals surface area contributed by atoms with Gasteiger partial charge < -0.3 is 14.9 Å². The van der Waals surface area contributed by atoms with Gasteiger partial charge in [0, 0.05) is 29.5 Å². The summed E-state index contributed by atoms with van der Waals surface area (Å²) in [6.45, 7) is 1.71. The van der Waals surface area contributed by atoms with Gasteiger partial charge in [0.05, 0.1) is 0 Å². The number of hydrogen-bond acceptors (Lipinski definition) is 4. The van der Waals surface area contributed by atoms with Crippen molar-refractivity contribution in [3.8, 4) is 11.5 Å². The van der Waals surface area contributed by atoms with Gasteiger partial charge in [-0.25, -0.2) is 4.98 Å². The number of ether oxygens (including phenoxy) is 1. The molecule has 2 heterocycles. The molecule has 0 amide bonds. The molecule has 0 spiro atoms. The molecule has 1 fully saturated rings. The van der Waals surface area contributed by atoms with Crippen molar-refractivity contribution in [1.82, 2.24) is 4.98 Å². The molecule has 5 heteroatoms. The molecular weight excluding hydrogens is 324 g/mol. The van der Waals surface area contributed by atoms with Gasteiger partial charge in [-0.2, -0.15) is 0 Å². The van der Waals surface area contributed by atoms with E-state index in [1.807, 2.05) is 18.2 Å². The number of nitrogens with two attached hydrogens (primary N) is 1. The van der Waals surface area contributed by atoms with Gasteiger partial charge in [0.25, 0.3) is 0 Å². The van der Waals surface area contributed by atoms with Gasteiger partial charge in [0.2, 0.25) is 5.89 Å². The topological polar surface area (TPSA) is 61.3 Å². The highest BCUT2D eigenvalue weighted by Crippen LogP contribution is 2.30. The smallest absolute Gasteiger partial charge is 0.227 e. The second kappa shape index (κ2) is 6.46. The maximum atomic E-state index is 6.27. The predicted molar refractivity (Wildman–Crippen MR) is 96.1 cm³/mol. The Morgan fingerprint density at radius 2 is 1.96 bits per heavy atom. The van der Waals surface area contributed by atoms with Crippen LogP contribution in [0.1, 0.15) is 18.4 Å². The van der Waals surface area contributed by atoms with Gasteiger partial charge >= 0.3 is 0 Å². The van der Waals surface area contributed by atoms with E-state index in [2.05, 4.69) is 11.1 Å². The van der Waals surface area contributed by atoms with E-state index in [1.54, 1.807) is 12.1 Å². The highest BCUT2D eigenvalue weighted by molar-refractivity contribution is 6.31. The number of anilines is 1. The second-order valence-corrected chi connectivity index (χ2v) is 6.74. The van der Waals surface area contributed by atoms with Crippen LogP contribution < -0.4 is 5.73 Å². The summed E-state index contributed by atoms with van der Waals surface area (Å²) >= 11 is 6.00. The van der Waals surface area contributed by atoms with Gasteiger partial charge in [-0.05, 0) is 61.1 Å². The summed E-state index contributed by atoms with van der Waals surface area (Å²) in [7, 11) is 0. The number of nitrogens with zero attached hydrogens (tertiary/aromatic N) is 1. The third-order valence-corrected chi connectivity index (χ3v) is 4.83. The minimum absolute atomic E-state index is 0.566. The van der Waals surface area contributed by atoms with Crippen molar-refractivity contribution in [2.24, 2.45) is 5.92 Å². The second-order valence-electron chi connectivity index (χ2n) is 6.30. The third kappa shape index (κ3) is 3.12. The maximum Gasteiger partial charge on any atom is 0.227 e. The van der Waals surface area contributed by atoms with E-state index < -0.39 is 0 Å². The summed E-state index contributed by atoms with van der Waals surface area (Å²) in [5.41, 5.74) is 10.6. The van der Waals surface area contributed by atoms with Crippen LogP contribution in [0.5, 0.6) is 0 Å². The largest absolute Gasteiger partial charge is 0.436 e. The highest BCUT2D eigenvalue weighted by Gasteiger charge is 2.16. The Labute approximate surface area is 145 Å². The molecule has 0 unspecified atom stereocenters. The molecule has 1 aromatic heterocycles. The molecule has 124 valence electrons. The molecule has 1 aliphatic rings. The highest BCUT2D eigenvalue weighted by atomic mass is 35.5. The van der Waals surface area contributed by atoms with Crippen molar-refractivity contribution in [2.75, 3.05) is 18.9 Å². The summed E-state index contributed by atoms with van der Waals surface area (Å²) in [6.07, 6.45) is 3.21. The van der Waals surface area contributed by atoms with Gasteiger partial charge in [-0.15, -0.1) is 0 Å². The normalized spacial score (nSPS) is 15.9. The lowest BCUT2D eigenvalue weighted by atomic mass is 9.91. The van der Waals surface area contributed by atoms with E-state index in [0.717, 1.165) is 54.8 Å². The van der Waals surface area contributed by atoms with Crippen molar-refractivity contribution in [3.05, 3.63) is 47.0 Å². The van der Waals surface area contributed by atoms with Crippen molar-refractivity contribution < 1.29 is 9.15 Å². The van der Waals surface area contributed by atoms with Crippen LogP contribution in [0.3, 0.4) is 0 Å². The molecule has 0 aliphatic carbocycles. The van der Waals surface area contributed by atoms with Crippen LogP contribution in [-0.4, -0.2) is 18.2 Å². The van der Waals surface area contributed by atoms with E-state index in [1.165, 1.54) is 5.56 Å². The number of halogens is 1. The van der Waals surface area contributed by atoms with Crippen LogP contribution in [0.15, 0.2) is 40.8 Å². The summed E-state index contributed by atoms with van der Waals surface area (Å²) in [4.78, 5) is 4.51. The van der Waals surface area contributed by atoms with Crippen LogP contribution in [0.25, 0.3) is 22.6 Å². The number of rotatable bonds is 3. The minimum Gasteiger partial charge on any atom is -0.436 e. The van der Waals surface area contributed by atoms with Gasteiger partial charge in [-0.3, -0.25) is 0 Å². The molecule has 0 atom stereocenters. The van der Waals surface area contributed by atoms with Crippen LogP contribution in [-0.2, 0) is 11.2 Å². The molecule has 3 aromatic rings. The van der Waals surface area contributed by atoms with Crippen molar-refractivity contribution in [3.63, 3.8) is 0 Å². The molecule has 0 saturated carbocycles. The summed E-state index contributed by atoms with van der Waals surface area (Å²) in [6, 6.07) is 11.5. The first-order chi connectivity index (χ1) is 11.7. The first-order valence-corrected chi connectivity index (χ1v) is 8.59. The van der Waals surface area contributed by atoms with Crippen LogP contribution in [0.4, 0.5) is 5.69 Å². The summed E-state index contributed by atoms with van der Waals surface area (Å²) in [5, 5.41) is 0.647. The number of benzene rings is 2. The zero-order valence-electron chi connectivity index (χ0n) is 13.3. The van der Waals surface area contributed by atoms with E-state index in [0.29, 0.717) is 16.8 Å². The van der Waals surface area contributed by atoms with E-state index >= 15 is 0 Å². The fourth-order valence-corrected chi connectivity index (χ4v) is 3.37. The first-order valence-electron chi connectivity index (χ1n) is 8.21. The fraction of sp³-hybridized carbons (Fsp3) is 0.316. The Morgan fingerprint density at radius 3 is 2.75 bits per heavy atom. The number of fused-ring (bicyclic) bond motifs is 1. The van der Waals surface area contributed by atoms with Crippen LogP contribution in [0, 0.1) is 5.92 Å². The quantitative estimate of drug-likeness (QED) is 0.701. The van der Waals surface area contributed by atoms with Gasteiger partial charge in [0.15, 0.2) is 5.58 Å². The molecule has 4 nitrogen and oxygen atoms in total. The molecule has 2 N–H and O–H groups in total. The number of aromatic nitrogens is 1. The van der Waals surface area contributed by atoms with Gasteiger partial charge in [-0.1, -0.05) is 17.7 Å². The van der Waals surface area contributed by atoms with Crippen molar-refractivity contribution in [2.45, 2.75) is 19.3 Å². The number of hydrogen-bond donors (Lipinski definition) is 1. The maximum absolute atomic E-state index is 6.27. The monoisotopic (exact) mass is 342 g/mol. The predicted octanol–water partition coefficient (Wildman–Crippen LogP) is 4.70. The number of oxazole rings is 1. The summed E-state index contributed by atoms with van der Waals surface area (Å²) < 4.78 is 11.2. The molecule has 1 aliphatic heterocycles. The first kappa shape index (κ1) is 15.5. The lowest BCUT2D eigenvalue weighted by molar-refractivity contribution is 0.0666. The molecule has 4 rings (SSSR count). The van der Waals surface area contributed by atoms with E-state index in [4.69, 9.17) is 26.5 Å². The molecule has 1 saturated heterocycles. The Hall–Kier alpha value is -2.04. The van der Waals surface area contributed by atoms with Crippen molar-refractivity contribution in [1.29, 1.82) is 0 Å².